The lowest BCUT2D eigenvalue weighted by atomic mass is 9.92. The second kappa shape index (κ2) is 3.88. The average molecular weight is 191 g/mol. The summed E-state index contributed by atoms with van der Waals surface area (Å²) in [5.74, 6) is 0. The molecule has 0 amide bonds. The monoisotopic (exact) mass is 191 g/mol. The van der Waals surface area contributed by atoms with Crippen LogP contribution in [0.2, 0.25) is 0 Å². The third-order valence-electron chi connectivity index (χ3n) is 2.81. The van der Waals surface area contributed by atoms with Crippen molar-refractivity contribution < 1.29 is 0 Å². The standard InChI is InChI=1S/C11H17N3/c12-7-8-6-9(13)4-5-11(8)14-10-2-1-3-10/h4-6,10,14H,1-3,7,12-13H2. The predicted molar refractivity (Wildman–Crippen MR) is 60.0 cm³/mol. The van der Waals surface area contributed by atoms with Gasteiger partial charge in [0.15, 0.2) is 0 Å². The number of nitrogens with one attached hydrogen (secondary N) is 1. The Kier molecular flexibility index (Phi) is 2.59. The quantitative estimate of drug-likeness (QED) is 0.637. The van der Waals surface area contributed by atoms with E-state index in [9.17, 15) is 0 Å². The van der Waals surface area contributed by atoms with Crippen molar-refractivity contribution >= 4 is 11.4 Å². The van der Waals surface area contributed by atoms with Gasteiger partial charge < -0.3 is 16.8 Å². The van der Waals surface area contributed by atoms with Crippen molar-refractivity contribution in [2.24, 2.45) is 5.73 Å². The Morgan fingerprint density at radius 2 is 2.14 bits per heavy atom. The number of nitrogen functional groups attached to an aromatic ring is 1. The van der Waals surface area contributed by atoms with Crippen molar-refractivity contribution in [2.45, 2.75) is 31.8 Å². The lowest BCUT2D eigenvalue weighted by Crippen LogP contribution is -2.27. The summed E-state index contributed by atoms with van der Waals surface area (Å²) in [5, 5.41) is 3.49. The van der Waals surface area contributed by atoms with Gasteiger partial charge in [0.05, 0.1) is 0 Å². The molecule has 1 saturated carbocycles. The summed E-state index contributed by atoms with van der Waals surface area (Å²) in [7, 11) is 0. The van der Waals surface area contributed by atoms with Crippen LogP contribution in [-0.4, -0.2) is 6.04 Å². The van der Waals surface area contributed by atoms with Gasteiger partial charge in [0.25, 0.3) is 0 Å². The number of hydrogen-bond donors (Lipinski definition) is 3. The fourth-order valence-corrected chi connectivity index (χ4v) is 1.70. The SMILES string of the molecule is NCc1cc(N)ccc1NC1CCC1. The zero-order valence-electron chi connectivity index (χ0n) is 8.29. The molecule has 0 aromatic heterocycles. The summed E-state index contributed by atoms with van der Waals surface area (Å²) >= 11 is 0. The number of hydrogen-bond acceptors (Lipinski definition) is 3. The Bertz CT molecular complexity index is 318. The molecule has 0 spiro atoms. The first-order valence-electron chi connectivity index (χ1n) is 5.14. The zero-order valence-corrected chi connectivity index (χ0v) is 8.29. The van der Waals surface area contributed by atoms with E-state index in [1.165, 1.54) is 19.3 Å². The van der Waals surface area contributed by atoms with Crippen LogP contribution in [0.3, 0.4) is 0 Å². The largest absolute Gasteiger partial charge is 0.399 e. The van der Waals surface area contributed by atoms with Gasteiger partial charge in [0, 0.05) is 24.0 Å². The number of benzene rings is 1. The van der Waals surface area contributed by atoms with Crippen molar-refractivity contribution in [2.75, 3.05) is 11.1 Å². The van der Waals surface area contributed by atoms with Gasteiger partial charge in [0.1, 0.15) is 0 Å². The zero-order chi connectivity index (χ0) is 9.97. The Balaban J connectivity index is 2.14. The molecule has 0 unspecified atom stereocenters. The Morgan fingerprint density at radius 3 is 2.71 bits per heavy atom. The molecule has 1 fully saturated rings. The molecule has 0 saturated heterocycles. The molecule has 0 radical (unpaired) electrons. The molecule has 0 atom stereocenters. The Labute approximate surface area is 84.5 Å². The van der Waals surface area contributed by atoms with E-state index in [0.717, 1.165) is 16.9 Å². The third kappa shape index (κ3) is 1.82. The molecule has 0 aliphatic heterocycles. The van der Waals surface area contributed by atoms with E-state index in [1.807, 2.05) is 18.2 Å². The maximum atomic E-state index is 5.70. The first-order chi connectivity index (χ1) is 6.79. The molecule has 1 aliphatic rings. The molecule has 5 N–H and O–H groups in total. The smallest absolute Gasteiger partial charge is 0.0389 e. The van der Waals surface area contributed by atoms with Crippen LogP contribution in [-0.2, 0) is 6.54 Å². The van der Waals surface area contributed by atoms with Crippen LogP contribution in [0.25, 0.3) is 0 Å². The minimum absolute atomic E-state index is 0.542. The van der Waals surface area contributed by atoms with Crippen molar-refractivity contribution in [3.8, 4) is 0 Å². The molecule has 14 heavy (non-hydrogen) atoms. The lowest BCUT2D eigenvalue weighted by molar-refractivity contribution is 0.445. The van der Waals surface area contributed by atoms with Crippen LogP contribution in [0.1, 0.15) is 24.8 Å². The number of nitrogens with two attached hydrogens (primary N) is 2. The molecule has 2 rings (SSSR count). The molecule has 0 heterocycles. The van der Waals surface area contributed by atoms with Crippen LogP contribution >= 0.6 is 0 Å². The second-order valence-electron chi connectivity index (χ2n) is 3.89. The highest BCUT2D eigenvalue weighted by Crippen LogP contribution is 2.26. The number of anilines is 2. The average Bonchev–Trinajstić information content (AvgIpc) is 2.13. The lowest BCUT2D eigenvalue weighted by Gasteiger charge is -2.28. The summed E-state index contributed by atoms with van der Waals surface area (Å²) < 4.78 is 0. The van der Waals surface area contributed by atoms with E-state index in [4.69, 9.17) is 11.5 Å². The predicted octanol–water partition coefficient (Wildman–Crippen LogP) is 1.69. The van der Waals surface area contributed by atoms with Crippen molar-refractivity contribution in [1.29, 1.82) is 0 Å². The summed E-state index contributed by atoms with van der Waals surface area (Å²) in [6.07, 6.45) is 3.88. The topological polar surface area (TPSA) is 64.1 Å². The molecule has 0 bridgehead atoms. The highest BCUT2D eigenvalue weighted by Gasteiger charge is 2.17. The van der Waals surface area contributed by atoms with Crippen LogP contribution in [0, 0.1) is 0 Å². The highest BCUT2D eigenvalue weighted by molar-refractivity contribution is 5.58. The third-order valence-corrected chi connectivity index (χ3v) is 2.81. The number of rotatable bonds is 3. The van der Waals surface area contributed by atoms with Crippen LogP contribution in [0.5, 0.6) is 0 Å². The first-order valence-corrected chi connectivity index (χ1v) is 5.14. The molecular weight excluding hydrogens is 174 g/mol. The minimum Gasteiger partial charge on any atom is -0.399 e. The van der Waals surface area contributed by atoms with E-state index in [2.05, 4.69) is 5.32 Å². The van der Waals surface area contributed by atoms with Crippen LogP contribution in [0.4, 0.5) is 11.4 Å². The van der Waals surface area contributed by atoms with Crippen molar-refractivity contribution in [1.82, 2.24) is 0 Å². The normalized spacial score (nSPS) is 16.4. The van der Waals surface area contributed by atoms with Gasteiger partial charge in [0.2, 0.25) is 0 Å². The van der Waals surface area contributed by atoms with E-state index in [0.29, 0.717) is 12.6 Å². The Morgan fingerprint density at radius 1 is 1.36 bits per heavy atom. The molecule has 1 aliphatic carbocycles. The van der Waals surface area contributed by atoms with E-state index in [-0.39, 0.29) is 0 Å². The van der Waals surface area contributed by atoms with Crippen LogP contribution in [0.15, 0.2) is 18.2 Å². The van der Waals surface area contributed by atoms with Crippen molar-refractivity contribution in [3.05, 3.63) is 23.8 Å². The maximum absolute atomic E-state index is 5.70. The molecule has 3 heteroatoms. The van der Waals surface area contributed by atoms with Crippen molar-refractivity contribution in [3.63, 3.8) is 0 Å². The molecule has 76 valence electrons. The van der Waals surface area contributed by atoms with Gasteiger partial charge in [-0.3, -0.25) is 0 Å². The highest BCUT2D eigenvalue weighted by atomic mass is 14.9. The molecule has 1 aromatic rings. The van der Waals surface area contributed by atoms with Gasteiger partial charge in [-0.05, 0) is 43.0 Å². The summed E-state index contributed by atoms with van der Waals surface area (Å²) in [4.78, 5) is 0. The summed E-state index contributed by atoms with van der Waals surface area (Å²) in [5.41, 5.74) is 14.4. The molecule has 1 aromatic carbocycles. The van der Waals surface area contributed by atoms with Crippen LogP contribution < -0.4 is 16.8 Å². The summed E-state index contributed by atoms with van der Waals surface area (Å²) in [6, 6.07) is 6.53. The van der Waals surface area contributed by atoms with E-state index >= 15 is 0 Å². The molecule has 3 nitrogen and oxygen atoms in total. The Hall–Kier alpha value is -1.22. The molecular formula is C11H17N3. The first kappa shape index (κ1) is 9.34. The van der Waals surface area contributed by atoms with E-state index < -0.39 is 0 Å². The fourth-order valence-electron chi connectivity index (χ4n) is 1.70. The van der Waals surface area contributed by atoms with Gasteiger partial charge in [-0.1, -0.05) is 0 Å². The van der Waals surface area contributed by atoms with Gasteiger partial charge >= 0.3 is 0 Å². The van der Waals surface area contributed by atoms with Gasteiger partial charge in [-0.2, -0.15) is 0 Å². The maximum Gasteiger partial charge on any atom is 0.0389 e. The second-order valence-corrected chi connectivity index (χ2v) is 3.89. The van der Waals surface area contributed by atoms with Gasteiger partial charge in [-0.25, -0.2) is 0 Å². The summed E-state index contributed by atoms with van der Waals surface area (Å²) in [6.45, 7) is 0.542. The minimum atomic E-state index is 0.542. The van der Waals surface area contributed by atoms with Gasteiger partial charge in [-0.15, -0.1) is 0 Å². The van der Waals surface area contributed by atoms with E-state index in [1.54, 1.807) is 0 Å². The fraction of sp³-hybridized carbons (Fsp3) is 0.455.